The summed E-state index contributed by atoms with van der Waals surface area (Å²) in [7, 11) is 0. The molecule has 2 aliphatic rings. The molecule has 2 aliphatic heterocycles. The van der Waals surface area contributed by atoms with Crippen LogP contribution in [-0.2, 0) is 13.0 Å². The van der Waals surface area contributed by atoms with E-state index >= 15 is 0 Å². The van der Waals surface area contributed by atoms with E-state index in [4.69, 9.17) is 4.42 Å². The smallest absolute Gasteiger partial charge is 0.278 e. The number of aliphatic hydroxyl groups is 1. The van der Waals surface area contributed by atoms with Crippen molar-refractivity contribution in [3.63, 3.8) is 0 Å². The lowest BCUT2D eigenvalue weighted by atomic mass is 10.1. The third-order valence-electron chi connectivity index (χ3n) is 5.11. The highest BCUT2D eigenvalue weighted by Gasteiger charge is 2.21. The van der Waals surface area contributed by atoms with E-state index < -0.39 is 0 Å². The van der Waals surface area contributed by atoms with E-state index in [1.165, 1.54) is 0 Å². The summed E-state index contributed by atoms with van der Waals surface area (Å²) in [5, 5.41) is 9.35. The molecule has 2 aromatic carbocycles. The van der Waals surface area contributed by atoms with Crippen LogP contribution in [0.2, 0.25) is 0 Å². The number of nitrogens with one attached hydrogen (secondary N) is 1. The van der Waals surface area contributed by atoms with Crippen molar-refractivity contribution in [1.82, 2.24) is 14.5 Å². The predicted molar refractivity (Wildman–Crippen MR) is 114 cm³/mol. The molecule has 3 heterocycles. The highest BCUT2D eigenvalue weighted by Crippen LogP contribution is 2.29. The maximum absolute atomic E-state index is 13.1. The van der Waals surface area contributed by atoms with Crippen LogP contribution in [0.4, 0.5) is 0 Å². The van der Waals surface area contributed by atoms with Crippen molar-refractivity contribution in [2.24, 2.45) is 0 Å². The molecule has 0 radical (unpaired) electrons. The van der Waals surface area contributed by atoms with Crippen molar-refractivity contribution in [3.05, 3.63) is 107 Å². The number of fused-ring (bicyclic) bond motifs is 1. The average Bonchev–Trinajstić information content (AvgIpc) is 3.42. The number of benzene rings is 2. The standard InChI is InChI=1S/C24H19N3O3/c28-15-16-8-10-18(11-9-16)22-23-26-20(13-19-7-4-12-30-19)24(29)27(23)14-21(25-22)17-5-2-1-3-6-17/h1-12,14,25,28H,13,15H2. The Hall–Kier alpha value is -3.90. The summed E-state index contributed by atoms with van der Waals surface area (Å²) in [6.45, 7) is -0.0230. The number of H-pyrrole nitrogens is 1. The summed E-state index contributed by atoms with van der Waals surface area (Å²) in [5.74, 6) is 1.25. The highest BCUT2D eigenvalue weighted by atomic mass is 16.3. The molecule has 6 nitrogen and oxygen atoms in total. The predicted octanol–water partition coefficient (Wildman–Crippen LogP) is 4.01. The van der Waals surface area contributed by atoms with Crippen molar-refractivity contribution in [2.75, 3.05) is 0 Å². The number of aromatic nitrogens is 3. The van der Waals surface area contributed by atoms with Crippen LogP contribution in [0.25, 0.3) is 28.3 Å². The van der Waals surface area contributed by atoms with Gasteiger partial charge >= 0.3 is 0 Å². The Morgan fingerprint density at radius 3 is 2.47 bits per heavy atom. The number of nitrogens with zero attached hydrogens (tertiary/aromatic N) is 2. The molecule has 6 heteroatoms. The average molecular weight is 397 g/mol. The van der Waals surface area contributed by atoms with E-state index in [9.17, 15) is 9.90 Å². The Morgan fingerprint density at radius 2 is 1.77 bits per heavy atom. The number of aromatic amines is 1. The minimum atomic E-state index is -0.166. The first-order chi connectivity index (χ1) is 14.7. The molecule has 0 amide bonds. The van der Waals surface area contributed by atoms with Crippen molar-refractivity contribution < 1.29 is 9.52 Å². The molecule has 0 aliphatic carbocycles. The number of furan rings is 1. The van der Waals surface area contributed by atoms with Gasteiger partial charge in [-0.05, 0) is 23.3 Å². The van der Waals surface area contributed by atoms with Gasteiger partial charge in [-0.3, -0.25) is 9.36 Å². The van der Waals surface area contributed by atoms with Gasteiger partial charge in [0.25, 0.3) is 5.56 Å². The van der Waals surface area contributed by atoms with Gasteiger partial charge in [-0.25, -0.2) is 4.98 Å². The fourth-order valence-corrected chi connectivity index (χ4v) is 3.55. The molecule has 148 valence electrons. The lowest BCUT2D eigenvalue weighted by Gasteiger charge is -2.13. The second-order valence-corrected chi connectivity index (χ2v) is 7.08. The molecule has 1 aromatic heterocycles. The summed E-state index contributed by atoms with van der Waals surface area (Å²) in [4.78, 5) is 21.2. The summed E-state index contributed by atoms with van der Waals surface area (Å²) < 4.78 is 6.99. The Balaban J connectivity index is 1.72. The van der Waals surface area contributed by atoms with Gasteiger partial charge in [0.05, 0.1) is 30.7 Å². The van der Waals surface area contributed by atoms with E-state index in [2.05, 4.69) is 9.97 Å². The Kier molecular flexibility index (Phi) is 4.53. The second kappa shape index (κ2) is 7.50. The normalized spacial score (nSPS) is 11.2. The quantitative estimate of drug-likeness (QED) is 0.469. The van der Waals surface area contributed by atoms with Crippen LogP contribution < -0.4 is 5.56 Å². The van der Waals surface area contributed by atoms with Crippen molar-refractivity contribution in [2.45, 2.75) is 13.0 Å². The first-order valence-corrected chi connectivity index (χ1v) is 9.65. The van der Waals surface area contributed by atoms with Gasteiger partial charge in [0.2, 0.25) is 0 Å². The zero-order chi connectivity index (χ0) is 20.5. The van der Waals surface area contributed by atoms with Crippen molar-refractivity contribution >= 4 is 0 Å². The molecule has 0 saturated heterocycles. The molecule has 0 atom stereocenters. The lowest BCUT2D eigenvalue weighted by Crippen LogP contribution is -2.16. The van der Waals surface area contributed by atoms with Gasteiger partial charge in [0, 0.05) is 11.8 Å². The second-order valence-electron chi connectivity index (χ2n) is 7.08. The van der Waals surface area contributed by atoms with Crippen LogP contribution in [-0.4, -0.2) is 19.6 Å². The van der Waals surface area contributed by atoms with Gasteiger partial charge < -0.3 is 14.5 Å². The Bertz CT molecular complexity index is 1300. The van der Waals surface area contributed by atoms with Crippen LogP contribution in [0.1, 0.15) is 17.0 Å². The maximum atomic E-state index is 13.1. The van der Waals surface area contributed by atoms with Crippen molar-refractivity contribution in [1.29, 1.82) is 0 Å². The van der Waals surface area contributed by atoms with E-state index in [1.54, 1.807) is 23.1 Å². The molecule has 0 unspecified atom stereocenters. The lowest BCUT2D eigenvalue weighted by molar-refractivity contribution is 0.282. The molecule has 0 fully saturated rings. The third kappa shape index (κ3) is 3.23. The topological polar surface area (TPSA) is 84.1 Å². The monoisotopic (exact) mass is 397 g/mol. The SMILES string of the molecule is O=c1c(Cc2ccco2)nc2c(-c3ccc(CO)cc3)[nH]c(-c3ccccc3)cn1-2. The van der Waals surface area contributed by atoms with Crippen molar-refractivity contribution in [3.8, 4) is 28.3 Å². The van der Waals surface area contributed by atoms with Crippen LogP contribution in [0.15, 0.2) is 88.4 Å². The summed E-state index contributed by atoms with van der Waals surface area (Å²) >= 11 is 0. The molecule has 0 bridgehead atoms. The molecule has 2 N–H and O–H groups in total. The molecule has 0 spiro atoms. The van der Waals surface area contributed by atoms with Crippen LogP contribution in [0, 0.1) is 0 Å². The van der Waals surface area contributed by atoms with Gasteiger partial charge in [0.15, 0.2) is 5.82 Å². The number of aliphatic hydroxyl groups excluding tert-OH is 1. The van der Waals surface area contributed by atoms with E-state index in [1.807, 2.05) is 60.7 Å². The molecule has 3 aromatic rings. The van der Waals surface area contributed by atoms with Gasteiger partial charge in [-0.2, -0.15) is 0 Å². The Morgan fingerprint density at radius 1 is 0.967 bits per heavy atom. The molecule has 0 saturated carbocycles. The zero-order valence-corrected chi connectivity index (χ0v) is 16.1. The van der Waals surface area contributed by atoms with Crippen LogP contribution in [0.3, 0.4) is 0 Å². The minimum Gasteiger partial charge on any atom is -0.469 e. The number of hydrogen-bond acceptors (Lipinski definition) is 4. The van der Waals surface area contributed by atoms with E-state index in [0.29, 0.717) is 23.7 Å². The first-order valence-electron chi connectivity index (χ1n) is 9.65. The third-order valence-corrected chi connectivity index (χ3v) is 5.11. The number of imidazole rings is 1. The number of rotatable bonds is 5. The summed E-state index contributed by atoms with van der Waals surface area (Å²) in [6.07, 6.45) is 3.71. The summed E-state index contributed by atoms with van der Waals surface area (Å²) in [6, 6.07) is 21.0. The summed E-state index contributed by atoms with van der Waals surface area (Å²) in [5.41, 5.74) is 4.47. The van der Waals surface area contributed by atoms with E-state index in [0.717, 1.165) is 28.1 Å². The van der Waals surface area contributed by atoms with Gasteiger partial charge in [0.1, 0.15) is 11.5 Å². The largest absolute Gasteiger partial charge is 0.469 e. The molecular formula is C24H19N3O3. The molecular weight excluding hydrogens is 378 g/mol. The Labute approximate surface area is 172 Å². The molecule has 30 heavy (non-hydrogen) atoms. The fraction of sp³-hybridized carbons (Fsp3) is 0.0833. The highest BCUT2D eigenvalue weighted by molar-refractivity contribution is 5.72. The fourth-order valence-electron chi connectivity index (χ4n) is 3.55. The van der Waals surface area contributed by atoms with Crippen LogP contribution >= 0.6 is 0 Å². The zero-order valence-electron chi connectivity index (χ0n) is 16.1. The van der Waals surface area contributed by atoms with Gasteiger partial charge in [-0.15, -0.1) is 0 Å². The number of hydrogen-bond donors (Lipinski definition) is 2. The maximum Gasteiger partial charge on any atom is 0.278 e. The van der Waals surface area contributed by atoms with Gasteiger partial charge in [-0.1, -0.05) is 54.6 Å². The first kappa shape index (κ1) is 18.1. The minimum absolute atomic E-state index is 0.0230. The van der Waals surface area contributed by atoms with E-state index in [-0.39, 0.29) is 12.2 Å². The molecule has 5 rings (SSSR count). The van der Waals surface area contributed by atoms with Crippen LogP contribution in [0.5, 0.6) is 0 Å².